The van der Waals surface area contributed by atoms with Crippen molar-refractivity contribution in [2.45, 2.75) is 25.4 Å². The van der Waals surface area contributed by atoms with Crippen molar-refractivity contribution in [1.29, 1.82) is 0 Å². The van der Waals surface area contributed by atoms with Crippen LogP contribution in [0, 0.1) is 6.92 Å². The second-order valence-electron chi connectivity index (χ2n) is 5.96. The van der Waals surface area contributed by atoms with E-state index in [0.717, 1.165) is 5.76 Å². The van der Waals surface area contributed by atoms with E-state index in [2.05, 4.69) is 15.5 Å². The molecule has 0 radical (unpaired) electrons. The van der Waals surface area contributed by atoms with Crippen LogP contribution in [0.1, 0.15) is 22.7 Å². The van der Waals surface area contributed by atoms with Crippen molar-refractivity contribution in [3.8, 4) is 11.5 Å². The lowest BCUT2D eigenvalue weighted by Crippen LogP contribution is -2.36. The number of carbonyl (C=O) groups is 2. The third-order valence-electron chi connectivity index (χ3n) is 4.17. The first-order valence-corrected chi connectivity index (χ1v) is 7.69. The lowest BCUT2D eigenvalue weighted by atomic mass is 10.1. The SMILES string of the molecule is COC(=O)[C@@H]1C[C@@H](NC(=O)c2cc(-c3ccc(C)o3)[nH]n2)CN1C. The van der Waals surface area contributed by atoms with Gasteiger partial charge in [0.15, 0.2) is 11.5 Å². The number of H-pyrrole nitrogens is 1. The van der Waals surface area contributed by atoms with E-state index >= 15 is 0 Å². The van der Waals surface area contributed by atoms with Crippen LogP contribution in [0.25, 0.3) is 11.5 Å². The van der Waals surface area contributed by atoms with Gasteiger partial charge in [0, 0.05) is 18.7 Å². The second kappa shape index (κ2) is 6.48. The number of likely N-dealkylation sites (N-methyl/N-ethyl adjacent to an activating group) is 1. The molecular weight excluding hydrogens is 312 g/mol. The molecule has 3 heterocycles. The van der Waals surface area contributed by atoms with Gasteiger partial charge in [-0.1, -0.05) is 0 Å². The Labute approximate surface area is 139 Å². The third-order valence-corrected chi connectivity index (χ3v) is 4.17. The maximum absolute atomic E-state index is 12.3. The third kappa shape index (κ3) is 3.18. The Balaban J connectivity index is 1.64. The van der Waals surface area contributed by atoms with Crippen LogP contribution in [0.2, 0.25) is 0 Å². The molecule has 0 bridgehead atoms. The van der Waals surface area contributed by atoms with Crippen LogP contribution >= 0.6 is 0 Å². The van der Waals surface area contributed by atoms with Crippen LogP contribution in [-0.4, -0.2) is 59.8 Å². The first-order chi connectivity index (χ1) is 11.5. The maximum Gasteiger partial charge on any atom is 0.323 e. The van der Waals surface area contributed by atoms with Crippen LogP contribution in [-0.2, 0) is 9.53 Å². The fourth-order valence-corrected chi connectivity index (χ4v) is 2.92. The fraction of sp³-hybridized carbons (Fsp3) is 0.438. The lowest BCUT2D eigenvalue weighted by Gasteiger charge is -2.15. The Morgan fingerprint density at radius 2 is 2.25 bits per heavy atom. The summed E-state index contributed by atoms with van der Waals surface area (Å²) in [7, 11) is 3.20. The van der Waals surface area contributed by atoms with Crippen molar-refractivity contribution in [1.82, 2.24) is 20.4 Å². The van der Waals surface area contributed by atoms with Gasteiger partial charge >= 0.3 is 5.97 Å². The number of likely N-dealkylation sites (tertiary alicyclic amines) is 1. The number of methoxy groups -OCH3 is 1. The highest BCUT2D eigenvalue weighted by Gasteiger charge is 2.36. The van der Waals surface area contributed by atoms with Crippen LogP contribution in [0.5, 0.6) is 0 Å². The number of aromatic amines is 1. The minimum Gasteiger partial charge on any atom is -0.468 e. The normalized spacial score (nSPS) is 21.0. The quantitative estimate of drug-likeness (QED) is 0.809. The van der Waals surface area contributed by atoms with Gasteiger partial charge in [-0.25, -0.2) is 0 Å². The van der Waals surface area contributed by atoms with Gasteiger partial charge < -0.3 is 14.5 Å². The Morgan fingerprint density at radius 3 is 2.92 bits per heavy atom. The monoisotopic (exact) mass is 332 g/mol. The van der Waals surface area contributed by atoms with Crippen molar-refractivity contribution in [2.24, 2.45) is 0 Å². The van der Waals surface area contributed by atoms with Crippen molar-refractivity contribution in [3.63, 3.8) is 0 Å². The summed E-state index contributed by atoms with van der Waals surface area (Å²) in [5.74, 6) is 0.841. The zero-order chi connectivity index (χ0) is 17.3. The number of hydrogen-bond acceptors (Lipinski definition) is 6. The van der Waals surface area contributed by atoms with Gasteiger partial charge in [0.2, 0.25) is 0 Å². The van der Waals surface area contributed by atoms with E-state index in [1.54, 1.807) is 6.07 Å². The highest BCUT2D eigenvalue weighted by atomic mass is 16.5. The molecule has 2 aromatic heterocycles. The largest absolute Gasteiger partial charge is 0.468 e. The summed E-state index contributed by atoms with van der Waals surface area (Å²) in [6.07, 6.45) is 0.517. The van der Waals surface area contributed by atoms with Crippen LogP contribution in [0.3, 0.4) is 0 Å². The first kappa shape index (κ1) is 16.3. The molecule has 1 saturated heterocycles. The lowest BCUT2D eigenvalue weighted by molar-refractivity contribution is -0.145. The van der Waals surface area contributed by atoms with E-state index in [4.69, 9.17) is 9.15 Å². The number of aryl methyl sites for hydroxylation is 1. The summed E-state index contributed by atoms with van der Waals surface area (Å²) in [5.41, 5.74) is 0.924. The molecule has 0 aliphatic carbocycles. The van der Waals surface area contributed by atoms with Crippen molar-refractivity contribution in [3.05, 3.63) is 29.7 Å². The van der Waals surface area contributed by atoms with Crippen molar-refractivity contribution >= 4 is 11.9 Å². The zero-order valence-corrected chi connectivity index (χ0v) is 13.8. The molecule has 0 saturated carbocycles. The molecule has 128 valence electrons. The molecule has 0 aromatic carbocycles. The summed E-state index contributed by atoms with van der Waals surface area (Å²) in [6.45, 7) is 2.43. The smallest absolute Gasteiger partial charge is 0.323 e. The molecule has 2 aromatic rings. The van der Waals surface area contributed by atoms with Gasteiger partial charge in [-0.15, -0.1) is 0 Å². The molecule has 0 spiro atoms. The minimum atomic E-state index is -0.332. The molecule has 0 unspecified atom stereocenters. The molecule has 1 amide bonds. The van der Waals surface area contributed by atoms with Crippen LogP contribution < -0.4 is 5.32 Å². The maximum atomic E-state index is 12.3. The minimum absolute atomic E-state index is 0.127. The molecule has 1 fully saturated rings. The molecule has 8 nitrogen and oxygen atoms in total. The van der Waals surface area contributed by atoms with E-state index in [-0.39, 0.29) is 29.7 Å². The van der Waals surface area contributed by atoms with Crippen LogP contribution in [0.4, 0.5) is 0 Å². The zero-order valence-electron chi connectivity index (χ0n) is 13.8. The van der Waals surface area contributed by atoms with Gasteiger partial charge in [-0.05, 0) is 32.5 Å². The van der Waals surface area contributed by atoms with Gasteiger partial charge in [0.25, 0.3) is 5.91 Å². The summed E-state index contributed by atoms with van der Waals surface area (Å²) in [6, 6.07) is 4.84. The first-order valence-electron chi connectivity index (χ1n) is 7.69. The number of hydrogen-bond donors (Lipinski definition) is 2. The van der Waals surface area contributed by atoms with Gasteiger partial charge in [-0.2, -0.15) is 5.10 Å². The predicted octanol–water partition coefficient (Wildman–Crippen LogP) is 0.954. The second-order valence-corrected chi connectivity index (χ2v) is 5.96. The molecule has 2 atom stereocenters. The summed E-state index contributed by atoms with van der Waals surface area (Å²) in [4.78, 5) is 25.9. The Hall–Kier alpha value is -2.61. The topological polar surface area (TPSA) is 100 Å². The number of ether oxygens (including phenoxy) is 1. The van der Waals surface area contributed by atoms with Crippen molar-refractivity contribution < 1.29 is 18.7 Å². The average molecular weight is 332 g/mol. The van der Waals surface area contributed by atoms with Gasteiger partial charge in [-0.3, -0.25) is 19.6 Å². The fourth-order valence-electron chi connectivity index (χ4n) is 2.92. The van der Waals surface area contributed by atoms with Crippen LogP contribution in [0.15, 0.2) is 22.6 Å². The number of aromatic nitrogens is 2. The predicted molar refractivity (Wildman–Crippen MR) is 85.3 cm³/mol. The van der Waals surface area contributed by atoms with E-state index in [1.807, 2.05) is 31.0 Å². The van der Waals surface area contributed by atoms with Crippen molar-refractivity contribution in [2.75, 3.05) is 20.7 Å². The van der Waals surface area contributed by atoms with E-state index in [9.17, 15) is 9.59 Å². The molecular formula is C16H20N4O4. The number of carbonyl (C=O) groups excluding carboxylic acids is 2. The number of nitrogens with one attached hydrogen (secondary N) is 2. The molecule has 24 heavy (non-hydrogen) atoms. The van der Waals surface area contributed by atoms with E-state index in [1.165, 1.54) is 7.11 Å². The van der Waals surface area contributed by atoms with E-state index < -0.39 is 0 Å². The van der Waals surface area contributed by atoms with E-state index in [0.29, 0.717) is 24.4 Å². The molecule has 8 heteroatoms. The Morgan fingerprint density at radius 1 is 1.46 bits per heavy atom. The summed E-state index contributed by atoms with van der Waals surface area (Å²) < 4.78 is 10.3. The molecule has 1 aliphatic heterocycles. The van der Waals surface area contributed by atoms with Gasteiger partial charge in [0.05, 0.1) is 7.11 Å². The number of furan rings is 1. The highest BCUT2D eigenvalue weighted by Crippen LogP contribution is 2.21. The highest BCUT2D eigenvalue weighted by molar-refractivity contribution is 5.93. The number of nitrogens with zero attached hydrogens (tertiary/aromatic N) is 2. The Kier molecular flexibility index (Phi) is 4.39. The molecule has 2 N–H and O–H groups in total. The number of amides is 1. The summed E-state index contributed by atoms with van der Waals surface area (Å²) >= 11 is 0. The molecule has 3 rings (SSSR count). The van der Waals surface area contributed by atoms with Gasteiger partial charge in [0.1, 0.15) is 17.5 Å². The number of esters is 1. The number of rotatable bonds is 4. The summed E-state index contributed by atoms with van der Waals surface area (Å²) in [5, 5.41) is 9.73. The Bertz CT molecular complexity index is 751. The molecule has 1 aliphatic rings. The average Bonchev–Trinajstić information content (AvgIpc) is 3.26. The standard InChI is InChI=1S/C16H20N4O4/c1-9-4-5-14(24-9)11-7-12(19-18-11)15(21)17-10-6-13(16(22)23-3)20(2)8-10/h4-5,7,10,13H,6,8H2,1-3H3,(H,17,21)(H,18,19)/t10-,13+/m1/s1.